The summed E-state index contributed by atoms with van der Waals surface area (Å²) in [5.41, 5.74) is 1.67. The average molecular weight is 639 g/mol. The zero-order valence-electron chi connectivity index (χ0n) is 23.4. The van der Waals surface area contributed by atoms with Crippen LogP contribution in [0.5, 0.6) is 0 Å². The molecule has 11 heteroatoms. The summed E-state index contributed by atoms with van der Waals surface area (Å²) in [6, 6.07) is 16.6. The van der Waals surface area contributed by atoms with Crippen LogP contribution in [0.25, 0.3) is 0 Å². The quantitative estimate of drug-likeness (QED) is 0.238. The third-order valence-electron chi connectivity index (χ3n) is 6.41. The number of aryl methyl sites for hydroxylation is 1. The molecular weight excluding hydrogens is 605 g/mol. The molecule has 3 aromatic carbocycles. The highest BCUT2D eigenvalue weighted by molar-refractivity contribution is 7.92. The first kappa shape index (κ1) is 32.7. The molecule has 1 N–H and O–H groups in total. The van der Waals surface area contributed by atoms with Gasteiger partial charge >= 0.3 is 0 Å². The second-order valence-corrected chi connectivity index (χ2v) is 13.3. The van der Waals surface area contributed by atoms with E-state index in [4.69, 9.17) is 34.8 Å². The minimum atomic E-state index is -4.19. The summed E-state index contributed by atoms with van der Waals surface area (Å²) in [6.07, 6.45) is 0.294. The van der Waals surface area contributed by atoms with Crippen molar-refractivity contribution < 1.29 is 18.0 Å². The number of carbonyl (C=O) groups is 2. The van der Waals surface area contributed by atoms with E-state index in [0.717, 1.165) is 9.87 Å². The summed E-state index contributed by atoms with van der Waals surface area (Å²) in [5.74, 6) is -0.724. The fourth-order valence-corrected chi connectivity index (χ4v) is 6.23. The largest absolute Gasteiger partial charge is 0.354 e. The standard InChI is InChI=1S/C30H34Cl3N3O4S/c1-5-28(30(38)34-17-20(2)3)35(18-22-11-12-24(32)16-27(22)33)29(37)19-36(25-8-6-7-23(31)15-25)41(39,40)26-13-9-21(4)10-14-26/h6-16,20,28H,5,17-19H2,1-4H3,(H,34,38)/t28-/m1/s1. The van der Waals surface area contributed by atoms with Crippen molar-refractivity contribution in [3.8, 4) is 0 Å². The predicted molar refractivity (Wildman–Crippen MR) is 166 cm³/mol. The van der Waals surface area contributed by atoms with Crippen LogP contribution in [-0.2, 0) is 26.2 Å². The zero-order valence-corrected chi connectivity index (χ0v) is 26.5. The fraction of sp³-hybridized carbons (Fsp3) is 0.333. The highest BCUT2D eigenvalue weighted by Crippen LogP contribution is 2.28. The minimum Gasteiger partial charge on any atom is -0.354 e. The smallest absolute Gasteiger partial charge is 0.264 e. The number of hydrogen-bond acceptors (Lipinski definition) is 4. The first-order chi connectivity index (χ1) is 19.3. The maximum absolute atomic E-state index is 14.1. The van der Waals surface area contributed by atoms with Gasteiger partial charge < -0.3 is 10.2 Å². The zero-order chi connectivity index (χ0) is 30.3. The molecular formula is C30H34Cl3N3O4S. The number of anilines is 1. The van der Waals surface area contributed by atoms with Crippen molar-refractivity contribution in [2.75, 3.05) is 17.4 Å². The summed E-state index contributed by atoms with van der Waals surface area (Å²) in [4.78, 5) is 28.8. The van der Waals surface area contributed by atoms with Crippen LogP contribution in [0.1, 0.15) is 38.3 Å². The Morgan fingerprint density at radius 2 is 1.59 bits per heavy atom. The molecule has 0 unspecified atom stereocenters. The molecule has 7 nitrogen and oxygen atoms in total. The number of sulfonamides is 1. The third kappa shape index (κ3) is 8.61. The molecule has 0 aromatic heterocycles. The van der Waals surface area contributed by atoms with Crippen LogP contribution in [0, 0.1) is 12.8 Å². The van der Waals surface area contributed by atoms with Crippen molar-refractivity contribution in [2.24, 2.45) is 5.92 Å². The van der Waals surface area contributed by atoms with E-state index in [0.29, 0.717) is 33.6 Å². The van der Waals surface area contributed by atoms with E-state index in [1.807, 2.05) is 20.8 Å². The van der Waals surface area contributed by atoms with E-state index in [1.54, 1.807) is 55.5 Å². The van der Waals surface area contributed by atoms with Crippen molar-refractivity contribution in [2.45, 2.75) is 51.6 Å². The average Bonchev–Trinajstić information content (AvgIpc) is 2.91. The lowest BCUT2D eigenvalue weighted by Gasteiger charge is -2.33. The first-order valence-electron chi connectivity index (χ1n) is 13.2. The molecule has 0 radical (unpaired) electrons. The van der Waals surface area contributed by atoms with Gasteiger partial charge in [0.25, 0.3) is 10.0 Å². The molecule has 41 heavy (non-hydrogen) atoms. The molecule has 0 heterocycles. The number of carbonyl (C=O) groups excluding carboxylic acids is 2. The Hall–Kier alpha value is -2.78. The Labute approximate surface area is 257 Å². The van der Waals surface area contributed by atoms with Gasteiger partial charge in [0.1, 0.15) is 12.6 Å². The lowest BCUT2D eigenvalue weighted by Crippen LogP contribution is -2.52. The lowest BCUT2D eigenvalue weighted by atomic mass is 10.1. The van der Waals surface area contributed by atoms with E-state index in [2.05, 4.69) is 5.32 Å². The van der Waals surface area contributed by atoms with Gasteiger partial charge in [0.05, 0.1) is 10.6 Å². The van der Waals surface area contributed by atoms with Crippen LogP contribution >= 0.6 is 34.8 Å². The Bertz CT molecular complexity index is 1480. The molecule has 3 aromatic rings. The molecule has 0 saturated carbocycles. The Morgan fingerprint density at radius 3 is 2.17 bits per heavy atom. The van der Waals surface area contributed by atoms with E-state index in [1.165, 1.54) is 23.1 Å². The molecule has 2 amide bonds. The Morgan fingerprint density at radius 1 is 0.927 bits per heavy atom. The second-order valence-electron chi connectivity index (χ2n) is 10.1. The molecule has 0 spiro atoms. The number of benzene rings is 3. The number of hydrogen-bond donors (Lipinski definition) is 1. The molecule has 0 bridgehead atoms. The molecule has 0 aliphatic carbocycles. The molecule has 220 valence electrons. The van der Waals surface area contributed by atoms with Gasteiger partial charge in [-0.05, 0) is 67.3 Å². The molecule has 0 aliphatic heterocycles. The monoisotopic (exact) mass is 637 g/mol. The van der Waals surface area contributed by atoms with Crippen LogP contribution < -0.4 is 9.62 Å². The number of nitrogens with zero attached hydrogens (tertiary/aromatic N) is 2. The van der Waals surface area contributed by atoms with Gasteiger partial charge in [-0.15, -0.1) is 0 Å². The van der Waals surface area contributed by atoms with Crippen LogP contribution in [0.2, 0.25) is 15.1 Å². The predicted octanol–water partition coefficient (Wildman–Crippen LogP) is 6.73. The topological polar surface area (TPSA) is 86.8 Å². The summed E-state index contributed by atoms with van der Waals surface area (Å²) in [6.45, 7) is 7.40. The SMILES string of the molecule is CC[C@H](C(=O)NCC(C)C)N(Cc1ccc(Cl)cc1Cl)C(=O)CN(c1cccc(Cl)c1)S(=O)(=O)c1ccc(C)cc1. The van der Waals surface area contributed by atoms with Gasteiger partial charge in [0.15, 0.2) is 0 Å². The maximum Gasteiger partial charge on any atom is 0.264 e. The molecule has 0 aliphatic rings. The molecule has 1 atom stereocenters. The third-order valence-corrected chi connectivity index (χ3v) is 9.02. The fourth-order valence-electron chi connectivity index (χ4n) is 4.17. The van der Waals surface area contributed by atoms with Gasteiger partial charge in [0.2, 0.25) is 11.8 Å². The first-order valence-corrected chi connectivity index (χ1v) is 15.8. The highest BCUT2D eigenvalue weighted by atomic mass is 35.5. The van der Waals surface area contributed by atoms with Crippen molar-refractivity contribution in [1.29, 1.82) is 0 Å². The molecule has 0 fully saturated rings. The number of amides is 2. The van der Waals surface area contributed by atoms with Gasteiger partial charge in [0, 0.05) is 28.2 Å². The number of nitrogens with one attached hydrogen (secondary N) is 1. The van der Waals surface area contributed by atoms with Crippen molar-refractivity contribution in [3.63, 3.8) is 0 Å². The van der Waals surface area contributed by atoms with E-state index < -0.39 is 28.5 Å². The Balaban J connectivity index is 2.07. The minimum absolute atomic E-state index is 0.0184. The van der Waals surface area contributed by atoms with Crippen LogP contribution in [-0.4, -0.2) is 44.3 Å². The number of halogens is 3. The van der Waals surface area contributed by atoms with Gasteiger partial charge in [-0.25, -0.2) is 8.42 Å². The van der Waals surface area contributed by atoms with Crippen molar-refractivity contribution in [3.05, 3.63) is 92.9 Å². The van der Waals surface area contributed by atoms with Gasteiger partial charge in [-0.2, -0.15) is 0 Å². The van der Waals surface area contributed by atoms with Crippen LogP contribution in [0.4, 0.5) is 5.69 Å². The number of rotatable bonds is 12. The summed E-state index contributed by atoms with van der Waals surface area (Å²) < 4.78 is 28.8. The van der Waals surface area contributed by atoms with Crippen molar-refractivity contribution in [1.82, 2.24) is 10.2 Å². The summed E-state index contributed by atoms with van der Waals surface area (Å²) >= 11 is 18.8. The molecule has 0 saturated heterocycles. The normalized spacial score (nSPS) is 12.2. The highest BCUT2D eigenvalue weighted by Gasteiger charge is 2.34. The van der Waals surface area contributed by atoms with Crippen molar-refractivity contribution >= 4 is 62.3 Å². The lowest BCUT2D eigenvalue weighted by molar-refractivity contribution is -0.140. The van der Waals surface area contributed by atoms with Gasteiger partial charge in [-0.3, -0.25) is 13.9 Å². The summed E-state index contributed by atoms with van der Waals surface area (Å²) in [5, 5.41) is 3.96. The van der Waals surface area contributed by atoms with E-state index in [9.17, 15) is 18.0 Å². The molecule has 3 rings (SSSR count). The second kappa shape index (κ2) is 14.4. The maximum atomic E-state index is 14.1. The summed E-state index contributed by atoms with van der Waals surface area (Å²) in [7, 11) is -4.19. The van der Waals surface area contributed by atoms with E-state index >= 15 is 0 Å². The van der Waals surface area contributed by atoms with Crippen LogP contribution in [0.3, 0.4) is 0 Å². The Kier molecular flexibility index (Phi) is 11.5. The van der Waals surface area contributed by atoms with Crippen LogP contribution in [0.15, 0.2) is 71.6 Å². The van der Waals surface area contributed by atoms with E-state index in [-0.39, 0.29) is 29.0 Å². The van der Waals surface area contributed by atoms with Gasteiger partial charge in [-0.1, -0.05) is 85.4 Å².